The highest BCUT2D eigenvalue weighted by molar-refractivity contribution is 5.99. The Morgan fingerprint density at radius 2 is 1.89 bits per heavy atom. The lowest BCUT2D eigenvalue weighted by Gasteiger charge is -2.36. The van der Waals surface area contributed by atoms with E-state index in [0.29, 0.717) is 18.9 Å². The third-order valence-corrected chi connectivity index (χ3v) is 7.76. The maximum absolute atomic E-state index is 14.1. The first-order chi connectivity index (χ1) is 20.9. The maximum Gasteiger partial charge on any atom is 0.389 e. The highest BCUT2D eigenvalue weighted by Gasteiger charge is 2.31. The lowest BCUT2D eigenvalue weighted by atomic mass is 10.0. The van der Waals surface area contributed by atoms with Crippen molar-refractivity contribution in [1.82, 2.24) is 9.80 Å². The number of anilines is 1. The van der Waals surface area contributed by atoms with Crippen molar-refractivity contribution < 1.29 is 37.3 Å². The average Bonchev–Trinajstić information content (AvgIpc) is 2.97. The Hall–Kier alpha value is -3.15. The summed E-state index contributed by atoms with van der Waals surface area (Å²) in [6.07, 6.45) is -4.44. The van der Waals surface area contributed by atoms with Gasteiger partial charge in [0.15, 0.2) is 0 Å². The van der Waals surface area contributed by atoms with Gasteiger partial charge in [-0.25, -0.2) is 0 Å². The summed E-state index contributed by atoms with van der Waals surface area (Å²) in [5.74, 6) is -1.02. The van der Waals surface area contributed by atoms with Crippen LogP contribution in [0.3, 0.4) is 0 Å². The summed E-state index contributed by atoms with van der Waals surface area (Å²) in [6.45, 7) is 7.62. The summed E-state index contributed by atoms with van der Waals surface area (Å²) in [5, 5.41) is 12.6. The van der Waals surface area contributed by atoms with Crippen molar-refractivity contribution >= 4 is 17.5 Å². The highest BCUT2D eigenvalue weighted by atomic mass is 19.4. The number of nitrogens with one attached hydrogen (secondary N) is 1. The first kappa shape index (κ1) is 35.3. The van der Waals surface area contributed by atoms with Gasteiger partial charge in [-0.15, -0.1) is 0 Å². The predicted octanol–water partition coefficient (Wildman–Crippen LogP) is 5.90. The molecule has 4 atom stereocenters. The molecule has 0 radical (unpaired) electrons. The Bertz CT molecular complexity index is 1200. The van der Waals surface area contributed by atoms with Gasteiger partial charge in [0.05, 0.1) is 36.8 Å². The summed E-state index contributed by atoms with van der Waals surface area (Å²) in [4.78, 5) is 30.2. The topological polar surface area (TPSA) is 91.3 Å². The number of alkyl halides is 3. The molecule has 2 N–H and O–H groups in total. The monoisotopic (exact) mass is 621 g/mol. The Balaban J connectivity index is 1.89. The van der Waals surface area contributed by atoms with Crippen molar-refractivity contribution in [2.75, 3.05) is 38.7 Å². The SMILES string of the molecule is C[C@@H]1CCCCO[C@H](CN(C)Cc2ccccc2)[C@H](C)CN([C@H](C)CO)C(=O)c2cc(NC(=O)CCC(F)(F)F)ccc2O1. The minimum absolute atomic E-state index is 0.109. The molecule has 0 fully saturated rings. The molecular weight excluding hydrogens is 575 g/mol. The number of carbonyl (C=O) groups is 2. The fraction of sp³-hybridized carbons (Fsp3) is 0.576. The van der Waals surface area contributed by atoms with E-state index in [1.54, 1.807) is 17.9 Å². The maximum atomic E-state index is 14.1. The number of halogens is 3. The minimum Gasteiger partial charge on any atom is -0.490 e. The molecular formula is C33H46F3N3O5. The number of benzene rings is 2. The molecule has 0 aromatic heterocycles. The number of rotatable bonds is 9. The van der Waals surface area contributed by atoms with Gasteiger partial charge in [-0.1, -0.05) is 37.3 Å². The van der Waals surface area contributed by atoms with Crippen LogP contribution in [0.15, 0.2) is 48.5 Å². The summed E-state index contributed by atoms with van der Waals surface area (Å²) in [5.41, 5.74) is 1.53. The summed E-state index contributed by atoms with van der Waals surface area (Å²) < 4.78 is 50.5. The van der Waals surface area contributed by atoms with Crippen LogP contribution < -0.4 is 10.1 Å². The molecule has 2 amide bonds. The van der Waals surface area contributed by atoms with Crippen molar-refractivity contribution in [3.8, 4) is 5.75 Å². The van der Waals surface area contributed by atoms with Gasteiger partial charge < -0.3 is 24.8 Å². The molecule has 1 heterocycles. The third kappa shape index (κ3) is 11.4. The van der Waals surface area contributed by atoms with Crippen LogP contribution in [0.1, 0.15) is 68.8 Å². The minimum atomic E-state index is -4.45. The number of aliphatic hydroxyl groups excluding tert-OH is 1. The van der Waals surface area contributed by atoms with E-state index >= 15 is 0 Å². The first-order valence-corrected chi connectivity index (χ1v) is 15.3. The molecule has 3 rings (SSSR count). The number of aliphatic hydroxyl groups is 1. The average molecular weight is 622 g/mol. The molecule has 44 heavy (non-hydrogen) atoms. The zero-order valence-corrected chi connectivity index (χ0v) is 26.1. The second-order valence-electron chi connectivity index (χ2n) is 11.9. The third-order valence-electron chi connectivity index (χ3n) is 7.76. The zero-order chi connectivity index (χ0) is 32.3. The molecule has 0 spiro atoms. The molecule has 0 saturated heterocycles. The lowest BCUT2D eigenvalue weighted by molar-refractivity contribution is -0.142. The van der Waals surface area contributed by atoms with Gasteiger partial charge in [-0.05, 0) is 63.9 Å². The number of hydrogen-bond acceptors (Lipinski definition) is 6. The van der Waals surface area contributed by atoms with Gasteiger partial charge in [0, 0.05) is 44.3 Å². The summed E-state index contributed by atoms with van der Waals surface area (Å²) in [7, 11) is 2.04. The van der Waals surface area contributed by atoms with Crippen molar-refractivity contribution in [1.29, 1.82) is 0 Å². The number of fused-ring (bicyclic) bond motifs is 1. The normalized spacial score (nSPS) is 21.2. The van der Waals surface area contributed by atoms with E-state index in [4.69, 9.17) is 9.47 Å². The van der Waals surface area contributed by atoms with Gasteiger partial charge in [0.25, 0.3) is 5.91 Å². The van der Waals surface area contributed by atoms with Crippen LogP contribution in [-0.4, -0.2) is 84.5 Å². The number of ether oxygens (including phenoxy) is 2. The van der Waals surface area contributed by atoms with E-state index in [9.17, 15) is 27.9 Å². The zero-order valence-electron chi connectivity index (χ0n) is 26.1. The lowest BCUT2D eigenvalue weighted by Crippen LogP contribution is -2.47. The van der Waals surface area contributed by atoms with E-state index in [1.807, 2.05) is 39.1 Å². The summed E-state index contributed by atoms with van der Waals surface area (Å²) >= 11 is 0. The second kappa shape index (κ2) is 16.8. The van der Waals surface area contributed by atoms with Crippen LogP contribution in [0.4, 0.5) is 18.9 Å². The van der Waals surface area contributed by atoms with E-state index in [2.05, 4.69) is 22.3 Å². The van der Waals surface area contributed by atoms with Crippen LogP contribution in [0, 0.1) is 5.92 Å². The molecule has 11 heteroatoms. The van der Waals surface area contributed by atoms with Crippen molar-refractivity contribution in [3.05, 3.63) is 59.7 Å². The smallest absolute Gasteiger partial charge is 0.389 e. The van der Waals surface area contributed by atoms with Gasteiger partial charge >= 0.3 is 6.18 Å². The number of carbonyl (C=O) groups excluding carboxylic acids is 2. The molecule has 1 aliphatic rings. The molecule has 0 saturated carbocycles. The number of nitrogens with zero attached hydrogens (tertiary/aromatic N) is 2. The van der Waals surface area contributed by atoms with Crippen LogP contribution in [0.5, 0.6) is 5.75 Å². The molecule has 0 aliphatic carbocycles. The van der Waals surface area contributed by atoms with Gasteiger partial charge in [0.1, 0.15) is 5.75 Å². The highest BCUT2D eigenvalue weighted by Crippen LogP contribution is 2.29. The molecule has 2 aromatic carbocycles. The molecule has 0 bridgehead atoms. The first-order valence-electron chi connectivity index (χ1n) is 15.3. The number of likely N-dealkylation sites (N-methyl/N-ethyl adjacent to an activating group) is 1. The van der Waals surface area contributed by atoms with E-state index in [-0.39, 0.29) is 42.5 Å². The Morgan fingerprint density at radius 1 is 1.16 bits per heavy atom. The van der Waals surface area contributed by atoms with E-state index in [0.717, 1.165) is 25.8 Å². The van der Waals surface area contributed by atoms with Crippen LogP contribution >= 0.6 is 0 Å². The quantitative estimate of drug-likeness (QED) is 0.363. The van der Waals surface area contributed by atoms with Crippen LogP contribution in [0.2, 0.25) is 0 Å². The molecule has 244 valence electrons. The molecule has 2 aromatic rings. The molecule has 8 nitrogen and oxygen atoms in total. The van der Waals surface area contributed by atoms with Crippen LogP contribution in [-0.2, 0) is 16.1 Å². The predicted molar refractivity (Wildman–Crippen MR) is 164 cm³/mol. The fourth-order valence-corrected chi connectivity index (χ4v) is 5.21. The largest absolute Gasteiger partial charge is 0.490 e. The fourth-order valence-electron chi connectivity index (χ4n) is 5.21. The van der Waals surface area contributed by atoms with Crippen molar-refractivity contribution in [2.45, 2.75) is 83.8 Å². The van der Waals surface area contributed by atoms with Gasteiger partial charge in [-0.2, -0.15) is 13.2 Å². The van der Waals surface area contributed by atoms with E-state index in [1.165, 1.54) is 17.7 Å². The standard InChI is InChI=1S/C33H46F3N3O5/c1-23-19-39(24(2)22-40)32(42)28-18-27(37-31(41)15-16-33(34,35)36)13-14-29(28)44-25(3)10-8-9-17-43-30(23)21-38(4)20-26-11-6-5-7-12-26/h5-7,11-14,18,23-25,30,40H,8-10,15-17,19-22H2,1-4H3,(H,37,41)/t23-,24-,25-,30-/m1/s1. The van der Waals surface area contributed by atoms with Crippen LogP contribution in [0.25, 0.3) is 0 Å². The summed E-state index contributed by atoms with van der Waals surface area (Å²) in [6, 6.07) is 14.1. The number of amides is 2. The number of hydrogen-bond donors (Lipinski definition) is 2. The van der Waals surface area contributed by atoms with Crippen molar-refractivity contribution in [3.63, 3.8) is 0 Å². The Morgan fingerprint density at radius 3 is 2.57 bits per heavy atom. The Kier molecular flexibility index (Phi) is 13.5. The Labute approximate surface area is 258 Å². The van der Waals surface area contributed by atoms with Gasteiger partial charge in [0.2, 0.25) is 5.91 Å². The van der Waals surface area contributed by atoms with E-state index < -0.39 is 36.9 Å². The molecule has 0 unspecified atom stereocenters. The molecule has 1 aliphatic heterocycles. The second-order valence-corrected chi connectivity index (χ2v) is 11.9. The van der Waals surface area contributed by atoms with Crippen molar-refractivity contribution in [2.24, 2.45) is 5.92 Å². The van der Waals surface area contributed by atoms with Gasteiger partial charge in [-0.3, -0.25) is 14.5 Å².